The second kappa shape index (κ2) is 1.96. The monoisotopic (exact) mass is 139 g/mol. The zero-order valence-electron chi connectivity index (χ0n) is 5.41. The van der Waals surface area contributed by atoms with Gasteiger partial charge in [-0.3, -0.25) is 15.7 Å². The molecule has 1 unspecified atom stereocenters. The lowest BCUT2D eigenvalue weighted by molar-refractivity contribution is 0.306. The van der Waals surface area contributed by atoms with Gasteiger partial charge < -0.3 is 5.32 Å². The van der Waals surface area contributed by atoms with Crippen LogP contribution in [-0.2, 0) is 0 Å². The van der Waals surface area contributed by atoms with E-state index in [-0.39, 0.29) is 6.29 Å². The highest BCUT2D eigenvalue weighted by Gasteiger charge is 2.21. The number of fused-ring (bicyclic) bond motifs is 1. The Morgan fingerprint density at radius 1 is 1.80 bits per heavy atom. The summed E-state index contributed by atoms with van der Waals surface area (Å²) in [7, 11) is 0. The van der Waals surface area contributed by atoms with E-state index in [4.69, 9.17) is 5.73 Å². The number of hydrogen-bond acceptors (Lipinski definition) is 5. The van der Waals surface area contributed by atoms with Gasteiger partial charge in [-0.15, -0.1) is 0 Å². The molecule has 2 rings (SSSR count). The predicted molar refractivity (Wildman–Crippen MR) is 37.5 cm³/mol. The fourth-order valence-electron chi connectivity index (χ4n) is 1.02. The lowest BCUT2D eigenvalue weighted by Crippen LogP contribution is -2.43. The highest BCUT2D eigenvalue weighted by molar-refractivity contribution is 5.62. The van der Waals surface area contributed by atoms with Gasteiger partial charge in [-0.25, -0.2) is 0 Å². The number of nitrogens with zero attached hydrogens (tertiary/aromatic N) is 2. The Labute approximate surface area is 58.6 Å². The van der Waals surface area contributed by atoms with Crippen molar-refractivity contribution in [3.8, 4) is 0 Å². The lowest BCUT2D eigenvalue weighted by atomic mass is 10.5. The smallest absolute Gasteiger partial charge is 0.147 e. The molecule has 1 fully saturated rings. The SMILES string of the molecule is NC1NC2=CN=CCN2N1. The van der Waals surface area contributed by atoms with E-state index in [9.17, 15) is 0 Å². The molecule has 1 atom stereocenters. The maximum absolute atomic E-state index is 5.53. The first-order valence-electron chi connectivity index (χ1n) is 3.14. The van der Waals surface area contributed by atoms with E-state index in [0.717, 1.165) is 12.4 Å². The first kappa shape index (κ1) is 5.70. The molecule has 2 heterocycles. The molecular formula is C5H9N5. The standard InChI is InChI=1S/C5H9N5/c6-5-8-4-3-7-1-2-10(4)9-5/h1,3,5,8-9H,2,6H2. The molecule has 54 valence electrons. The summed E-state index contributed by atoms with van der Waals surface area (Å²) < 4.78 is 0. The van der Waals surface area contributed by atoms with Crippen LogP contribution in [-0.4, -0.2) is 24.1 Å². The first-order chi connectivity index (χ1) is 4.86. The minimum Gasteiger partial charge on any atom is -0.341 e. The first-order valence-corrected chi connectivity index (χ1v) is 3.14. The zero-order valence-corrected chi connectivity index (χ0v) is 5.41. The summed E-state index contributed by atoms with van der Waals surface area (Å²) in [6.45, 7) is 0.770. The van der Waals surface area contributed by atoms with Gasteiger partial charge in [0.1, 0.15) is 12.1 Å². The molecule has 0 radical (unpaired) electrons. The minimum atomic E-state index is -0.173. The van der Waals surface area contributed by atoms with Crippen LogP contribution in [0.1, 0.15) is 0 Å². The third-order valence-corrected chi connectivity index (χ3v) is 1.46. The molecule has 0 amide bonds. The summed E-state index contributed by atoms with van der Waals surface area (Å²) in [5.74, 6) is 0.940. The maximum Gasteiger partial charge on any atom is 0.147 e. The Balaban J connectivity index is 2.18. The number of nitrogens with two attached hydrogens (primary N) is 1. The van der Waals surface area contributed by atoms with Crippen molar-refractivity contribution in [2.75, 3.05) is 6.54 Å². The molecule has 0 aromatic heterocycles. The van der Waals surface area contributed by atoms with E-state index in [1.165, 1.54) is 0 Å². The molecule has 0 spiro atoms. The molecule has 0 aromatic carbocycles. The summed E-state index contributed by atoms with van der Waals surface area (Å²) in [5, 5.41) is 4.91. The molecule has 1 saturated heterocycles. The Kier molecular flexibility index (Phi) is 1.12. The van der Waals surface area contributed by atoms with Crippen molar-refractivity contribution in [2.45, 2.75) is 6.29 Å². The second-order valence-corrected chi connectivity index (χ2v) is 2.21. The number of nitrogens with one attached hydrogen (secondary N) is 2. The van der Waals surface area contributed by atoms with Crippen LogP contribution < -0.4 is 16.5 Å². The highest BCUT2D eigenvalue weighted by Crippen LogP contribution is 2.06. The van der Waals surface area contributed by atoms with Gasteiger partial charge in [0.2, 0.25) is 0 Å². The molecule has 5 nitrogen and oxygen atoms in total. The van der Waals surface area contributed by atoms with Crippen molar-refractivity contribution in [1.82, 2.24) is 15.8 Å². The average Bonchev–Trinajstić information content (AvgIpc) is 2.27. The van der Waals surface area contributed by atoms with Crippen LogP contribution in [0.2, 0.25) is 0 Å². The van der Waals surface area contributed by atoms with Gasteiger partial charge in [-0.1, -0.05) is 0 Å². The average molecular weight is 139 g/mol. The molecular weight excluding hydrogens is 130 g/mol. The van der Waals surface area contributed by atoms with Crippen molar-refractivity contribution < 1.29 is 0 Å². The van der Waals surface area contributed by atoms with Crippen LogP contribution in [0.5, 0.6) is 0 Å². The minimum absolute atomic E-state index is 0.173. The molecule has 10 heavy (non-hydrogen) atoms. The second-order valence-electron chi connectivity index (χ2n) is 2.21. The van der Waals surface area contributed by atoms with Gasteiger partial charge in [-0.05, 0) is 0 Å². The van der Waals surface area contributed by atoms with E-state index in [2.05, 4.69) is 15.7 Å². The normalized spacial score (nSPS) is 29.5. The molecule has 2 aliphatic rings. The Bertz CT molecular complexity index is 196. The fraction of sp³-hybridized carbons (Fsp3) is 0.400. The van der Waals surface area contributed by atoms with Crippen molar-refractivity contribution >= 4 is 6.21 Å². The summed E-state index contributed by atoms with van der Waals surface area (Å²) in [6.07, 6.45) is 3.38. The third-order valence-electron chi connectivity index (χ3n) is 1.46. The van der Waals surface area contributed by atoms with Crippen LogP contribution in [0.25, 0.3) is 0 Å². The quantitative estimate of drug-likeness (QED) is 0.383. The molecule has 4 N–H and O–H groups in total. The van der Waals surface area contributed by atoms with Gasteiger partial charge in [0.05, 0.1) is 12.7 Å². The largest absolute Gasteiger partial charge is 0.341 e. The molecule has 0 saturated carbocycles. The number of aliphatic imine (C=N–C) groups is 1. The Morgan fingerprint density at radius 2 is 2.70 bits per heavy atom. The maximum atomic E-state index is 5.53. The predicted octanol–water partition coefficient (Wildman–Crippen LogP) is -1.48. The van der Waals surface area contributed by atoms with Gasteiger partial charge in [0.15, 0.2) is 0 Å². The summed E-state index contributed by atoms with van der Waals surface area (Å²) in [5.41, 5.74) is 8.53. The van der Waals surface area contributed by atoms with E-state index >= 15 is 0 Å². The van der Waals surface area contributed by atoms with Crippen molar-refractivity contribution in [3.63, 3.8) is 0 Å². The zero-order chi connectivity index (χ0) is 6.97. The molecule has 5 heteroatoms. The number of rotatable bonds is 0. The topological polar surface area (TPSA) is 65.7 Å². The van der Waals surface area contributed by atoms with E-state index < -0.39 is 0 Å². The van der Waals surface area contributed by atoms with Gasteiger partial charge in [-0.2, -0.15) is 5.43 Å². The van der Waals surface area contributed by atoms with Crippen LogP contribution in [0.15, 0.2) is 17.0 Å². The summed E-state index contributed by atoms with van der Waals surface area (Å²) in [6, 6.07) is 0. The Morgan fingerprint density at radius 3 is 3.50 bits per heavy atom. The van der Waals surface area contributed by atoms with Crippen LogP contribution in [0.4, 0.5) is 0 Å². The third kappa shape index (κ3) is 0.758. The van der Waals surface area contributed by atoms with Crippen LogP contribution in [0, 0.1) is 0 Å². The summed E-state index contributed by atoms with van der Waals surface area (Å²) >= 11 is 0. The van der Waals surface area contributed by atoms with Gasteiger partial charge in [0.25, 0.3) is 0 Å². The van der Waals surface area contributed by atoms with E-state index in [0.29, 0.717) is 0 Å². The van der Waals surface area contributed by atoms with Crippen LogP contribution >= 0.6 is 0 Å². The van der Waals surface area contributed by atoms with Crippen LogP contribution in [0.3, 0.4) is 0 Å². The number of hydrazine groups is 1. The lowest BCUT2D eigenvalue weighted by Gasteiger charge is -2.17. The van der Waals surface area contributed by atoms with Crippen molar-refractivity contribution in [2.24, 2.45) is 10.7 Å². The van der Waals surface area contributed by atoms with Gasteiger partial charge >= 0.3 is 0 Å². The fourth-order valence-corrected chi connectivity index (χ4v) is 1.02. The molecule has 0 aliphatic carbocycles. The molecule has 0 bridgehead atoms. The molecule has 0 aromatic rings. The van der Waals surface area contributed by atoms with E-state index in [1.807, 2.05) is 11.2 Å². The number of hydrogen-bond donors (Lipinski definition) is 3. The van der Waals surface area contributed by atoms with Crippen molar-refractivity contribution in [3.05, 3.63) is 12.0 Å². The van der Waals surface area contributed by atoms with E-state index in [1.54, 1.807) is 6.20 Å². The summed E-state index contributed by atoms with van der Waals surface area (Å²) in [4.78, 5) is 3.97. The van der Waals surface area contributed by atoms with Gasteiger partial charge in [0, 0.05) is 6.21 Å². The van der Waals surface area contributed by atoms with Crippen molar-refractivity contribution in [1.29, 1.82) is 0 Å². The highest BCUT2D eigenvalue weighted by atomic mass is 15.7. The Hall–Kier alpha value is -1.07. The molecule has 2 aliphatic heterocycles.